The van der Waals surface area contributed by atoms with Crippen LogP contribution in [0.2, 0.25) is 0 Å². The Morgan fingerprint density at radius 1 is 0.861 bits per heavy atom. The van der Waals surface area contributed by atoms with Gasteiger partial charge in [0.25, 0.3) is 5.91 Å². The third-order valence-corrected chi connectivity index (χ3v) is 6.39. The molecular weight excluding hydrogens is 446 g/mol. The first-order chi connectivity index (χ1) is 17.7. The van der Waals surface area contributed by atoms with Gasteiger partial charge in [0.15, 0.2) is 0 Å². The smallest absolute Gasteiger partial charge is 0.251 e. The fourth-order valence-corrected chi connectivity index (χ4v) is 4.53. The predicted octanol–water partition coefficient (Wildman–Crippen LogP) is 6.12. The Bertz CT molecular complexity index is 1630. The van der Waals surface area contributed by atoms with E-state index >= 15 is 0 Å². The van der Waals surface area contributed by atoms with Crippen molar-refractivity contribution in [2.24, 2.45) is 0 Å². The standard InChI is InChI=1S/C30H25N5O/c1-20(28-32-24-14-8-9-15-25(24)33-28)31-30(36)23-16-17-27-26(18-23)34-29(22-12-6-3-7-13-22)35(27)19-21-10-4-2-5-11-21/h2-18,20H,19H2,1H3,(H,31,36)(H,32,33). The molecule has 0 bridgehead atoms. The number of nitrogens with zero attached hydrogens (tertiary/aromatic N) is 3. The van der Waals surface area contributed by atoms with Gasteiger partial charge in [-0.25, -0.2) is 9.97 Å². The molecular formula is C30H25N5O. The van der Waals surface area contributed by atoms with E-state index in [0.717, 1.165) is 39.3 Å². The molecule has 0 radical (unpaired) electrons. The summed E-state index contributed by atoms with van der Waals surface area (Å²) < 4.78 is 2.21. The van der Waals surface area contributed by atoms with Crippen LogP contribution in [0.1, 0.15) is 34.7 Å². The van der Waals surface area contributed by atoms with Gasteiger partial charge >= 0.3 is 0 Å². The molecule has 1 atom stereocenters. The Morgan fingerprint density at radius 3 is 2.36 bits per heavy atom. The molecule has 0 aliphatic heterocycles. The summed E-state index contributed by atoms with van der Waals surface area (Å²) in [5.74, 6) is 1.44. The molecule has 2 heterocycles. The molecule has 1 amide bonds. The predicted molar refractivity (Wildman–Crippen MR) is 143 cm³/mol. The Labute approximate surface area is 208 Å². The van der Waals surface area contributed by atoms with Gasteiger partial charge < -0.3 is 14.9 Å². The number of amides is 1. The fraction of sp³-hybridized carbons (Fsp3) is 0.100. The third-order valence-electron chi connectivity index (χ3n) is 6.39. The molecule has 0 fully saturated rings. The topological polar surface area (TPSA) is 75.6 Å². The molecule has 0 saturated heterocycles. The van der Waals surface area contributed by atoms with Gasteiger partial charge in [-0.15, -0.1) is 0 Å². The van der Waals surface area contributed by atoms with E-state index in [9.17, 15) is 4.79 Å². The second-order valence-electron chi connectivity index (χ2n) is 8.91. The average molecular weight is 472 g/mol. The molecule has 36 heavy (non-hydrogen) atoms. The summed E-state index contributed by atoms with van der Waals surface area (Å²) in [5.41, 5.74) is 6.40. The molecule has 176 valence electrons. The number of H-pyrrole nitrogens is 1. The van der Waals surface area contributed by atoms with E-state index < -0.39 is 0 Å². The molecule has 0 saturated carbocycles. The number of hydrogen-bond acceptors (Lipinski definition) is 3. The minimum Gasteiger partial charge on any atom is -0.342 e. The van der Waals surface area contributed by atoms with Gasteiger partial charge in [-0.2, -0.15) is 0 Å². The van der Waals surface area contributed by atoms with Crippen LogP contribution in [0.4, 0.5) is 0 Å². The van der Waals surface area contributed by atoms with Crippen LogP contribution in [0.15, 0.2) is 103 Å². The molecule has 4 aromatic carbocycles. The van der Waals surface area contributed by atoms with Gasteiger partial charge in [-0.1, -0.05) is 72.8 Å². The van der Waals surface area contributed by atoms with Crippen LogP contribution in [0, 0.1) is 0 Å². The highest BCUT2D eigenvalue weighted by molar-refractivity contribution is 5.98. The van der Waals surface area contributed by atoms with Crippen molar-refractivity contribution in [3.8, 4) is 11.4 Å². The van der Waals surface area contributed by atoms with Crippen LogP contribution in [0.5, 0.6) is 0 Å². The maximum absolute atomic E-state index is 13.2. The summed E-state index contributed by atoms with van der Waals surface area (Å²) in [7, 11) is 0. The lowest BCUT2D eigenvalue weighted by molar-refractivity contribution is 0.0938. The summed E-state index contributed by atoms with van der Waals surface area (Å²) in [6.07, 6.45) is 0. The molecule has 2 N–H and O–H groups in total. The second-order valence-corrected chi connectivity index (χ2v) is 8.91. The van der Waals surface area contributed by atoms with Crippen molar-refractivity contribution >= 4 is 28.0 Å². The summed E-state index contributed by atoms with van der Waals surface area (Å²) >= 11 is 0. The zero-order valence-corrected chi connectivity index (χ0v) is 19.8. The van der Waals surface area contributed by atoms with Crippen LogP contribution < -0.4 is 5.32 Å². The van der Waals surface area contributed by atoms with Gasteiger partial charge in [0.2, 0.25) is 0 Å². The third kappa shape index (κ3) is 4.14. The average Bonchev–Trinajstić information content (AvgIpc) is 3.51. The van der Waals surface area contributed by atoms with E-state index in [2.05, 4.69) is 44.1 Å². The molecule has 6 nitrogen and oxygen atoms in total. The molecule has 0 aliphatic carbocycles. The van der Waals surface area contributed by atoms with Crippen LogP contribution >= 0.6 is 0 Å². The first-order valence-electron chi connectivity index (χ1n) is 12.0. The number of hydrogen-bond donors (Lipinski definition) is 2. The lowest BCUT2D eigenvalue weighted by Gasteiger charge is -2.12. The van der Waals surface area contributed by atoms with Gasteiger partial charge in [0.05, 0.1) is 28.1 Å². The van der Waals surface area contributed by atoms with Crippen LogP contribution in [0.25, 0.3) is 33.5 Å². The number of aromatic nitrogens is 4. The van der Waals surface area contributed by atoms with E-state index in [1.54, 1.807) is 0 Å². The summed E-state index contributed by atoms with van der Waals surface area (Å²) in [5, 5.41) is 3.06. The number of benzene rings is 4. The maximum Gasteiger partial charge on any atom is 0.251 e. The quantitative estimate of drug-likeness (QED) is 0.307. The molecule has 0 spiro atoms. The minimum atomic E-state index is -0.267. The molecule has 6 heteroatoms. The van der Waals surface area contributed by atoms with Crippen molar-refractivity contribution in [3.63, 3.8) is 0 Å². The van der Waals surface area contributed by atoms with E-state index in [1.807, 2.05) is 85.8 Å². The van der Waals surface area contributed by atoms with Crippen molar-refractivity contribution in [1.82, 2.24) is 24.8 Å². The summed E-state index contributed by atoms with van der Waals surface area (Å²) in [4.78, 5) is 26.0. The Balaban J connectivity index is 1.33. The largest absolute Gasteiger partial charge is 0.342 e. The van der Waals surface area contributed by atoms with Crippen LogP contribution in [-0.2, 0) is 6.54 Å². The first kappa shape index (κ1) is 21.8. The second kappa shape index (κ2) is 9.15. The zero-order chi connectivity index (χ0) is 24.5. The number of imidazole rings is 2. The van der Waals surface area contributed by atoms with E-state index in [-0.39, 0.29) is 11.9 Å². The normalized spacial score (nSPS) is 12.1. The lowest BCUT2D eigenvalue weighted by Crippen LogP contribution is -2.27. The fourth-order valence-electron chi connectivity index (χ4n) is 4.53. The number of carbonyl (C=O) groups excluding carboxylic acids is 1. The van der Waals surface area contributed by atoms with Crippen molar-refractivity contribution in [3.05, 3.63) is 120 Å². The van der Waals surface area contributed by atoms with Crippen molar-refractivity contribution in [2.75, 3.05) is 0 Å². The number of fused-ring (bicyclic) bond motifs is 2. The minimum absolute atomic E-state index is 0.163. The van der Waals surface area contributed by atoms with Gasteiger partial charge in [-0.3, -0.25) is 4.79 Å². The lowest BCUT2D eigenvalue weighted by atomic mass is 10.1. The molecule has 0 aliphatic rings. The summed E-state index contributed by atoms with van der Waals surface area (Å²) in [6.45, 7) is 2.62. The number of para-hydroxylation sites is 2. The van der Waals surface area contributed by atoms with Crippen molar-refractivity contribution in [1.29, 1.82) is 0 Å². The van der Waals surface area contributed by atoms with E-state index in [4.69, 9.17) is 4.98 Å². The maximum atomic E-state index is 13.2. The highest BCUT2D eigenvalue weighted by Gasteiger charge is 2.18. The summed E-state index contributed by atoms with van der Waals surface area (Å²) in [6, 6.07) is 33.8. The van der Waals surface area contributed by atoms with Gasteiger partial charge in [0, 0.05) is 17.7 Å². The Hall–Kier alpha value is -4.71. The first-order valence-corrected chi connectivity index (χ1v) is 12.0. The number of rotatable bonds is 6. The van der Waals surface area contributed by atoms with Crippen molar-refractivity contribution in [2.45, 2.75) is 19.5 Å². The SMILES string of the molecule is CC(NC(=O)c1ccc2c(c1)nc(-c1ccccc1)n2Cc1ccccc1)c1nc2ccccc2[nH]1. The molecule has 6 aromatic rings. The number of carbonyl (C=O) groups is 1. The molecule has 1 unspecified atom stereocenters. The zero-order valence-electron chi connectivity index (χ0n) is 19.8. The molecule has 6 rings (SSSR count). The molecule has 2 aromatic heterocycles. The van der Waals surface area contributed by atoms with Gasteiger partial charge in [-0.05, 0) is 42.8 Å². The van der Waals surface area contributed by atoms with Crippen molar-refractivity contribution < 1.29 is 4.79 Å². The monoisotopic (exact) mass is 471 g/mol. The number of nitrogens with one attached hydrogen (secondary N) is 2. The highest BCUT2D eigenvalue weighted by atomic mass is 16.1. The van der Waals surface area contributed by atoms with E-state index in [1.165, 1.54) is 5.56 Å². The van der Waals surface area contributed by atoms with E-state index in [0.29, 0.717) is 12.1 Å². The van der Waals surface area contributed by atoms with Crippen LogP contribution in [-0.4, -0.2) is 25.4 Å². The van der Waals surface area contributed by atoms with Crippen LogP contribution in [0.3, 0.4) is 0 Å². The Kier molecular flexibility index (Phi) is 5.54. The highest BCUT2D eigenvalue weighted by Crippen LogP contribution is 2.27. The Morgan fingerprint density at radius 2 is 1.58 bits per heavy atom. The number of aromatic amines is 1. The van der Waals surface area contributed by atoms with Gasteiger partial charge in [0.1, 0.15) is 11.6 Å².